The predicted octanol–water partition coefficient (Wildman–Crippen LogP) is 2.46. The van der Waals surface area contributed by atoms with Gasteiger partial charge >= 0.3 is 0 Å². The van der Waals surface area contributed by atoms with Crippen molar-refractivity contribution in [3.05, 3.63) is 41.6 Å². The van der Waals surface area contributed by atoms with E-state index in [-0.39, 0.29) is 43.2 Å². The molecule has 4 rings (SSSR count). The van der Waals surface area contributed by atoms with Crippen LogP contribution in [0.15, 0.2) is 30.5 Å². The topological polar surface area (TPSA) is 108 Å². The Morgan fingerprint density at radius 3 is 2.71 bits per heavy atom. The smallest absolute Gasteiger partial charge is 0.243 e. The minimum atomic E-state index is -0.917. The highest BCUT2D eigenvalue weighted by atomic mass is 16.3. The average Bonchev–Trinajstić information content (AvgIpc) is 3.49. The van der Waals surface area contributed by atoms with Crippen molar-refractivity contribution in [1.29, 1.82) is 0 Å². The summed E-state index contributed by atoms with van der Waals surface area (Å²) in [5.74, 6) is -0.541. The van der Waals surface area contributed by atoms with Gasteiger partial charge in [0.1, 0.15) is 6.04 Å². The Bertz CT molecular complexity index is 1080. The van der Waals surface area contributed by atoms with E-state index in [2.05, 4.69) is 23.4 Å². The van der Waals surface area contributed by atoms with Gasteiger partial charge in [-0.2, -0.15) is 5.10 Å². The van der Waals surface area contributed by atoms with Crippen molar-refractivity contribution < 1.29 is 19.8 Å². The summed E-state index contributed by atoms with van der Waals surface area (Å²) in [4.78, 5) is 28.1. The molecule has 1 saturated heterocycles. The number of rotatable bonds is 7. The summed E-state index contributed by atoms with van der Waals surface area (Å²) >= 11 is 0. The number of aliphatic hydroxyl groups excluding tert-OH is 2. The molecule has 2 heterocycles. The molecule has 0 radical (unpaired) electrons. The maximum Gasteiger partial charge on any atom is 0.243 e. The van der Waals surface area contributed by atoms with E-state index < -0.39 is 17.7 Å². The molecule has 1 fully saturated rings. The minimum absolute atomic E-state index is 0.115. The maximum atomic E-state index is 13.5. The number of carbonyl (C=O) groups is 2. The third-order valence-corrected chi connectivity index (χ3v) is 7.87. The first-order valence-corrected chi connectivity index (χ1v) is 12.8. The summed E-state index contributed by atoms with van der Waals surface area (Å²) in [5.41, 5.74) is 3.19. The number of nitrogens with zero attached hydrogens (tertiary/aromatic N) is 3. The Morgan fingerprint density at radius 1 is 1.26 bits per heavy atom. The highest BCUT2D eigenvalue weighted by Gasteiger charge is 2.44. The van der Waals surface area contributed by atoms with E-state index >= 15 is 0 Å². The summed E-state index contributed by atoms with van der Waals surface area (Å²) in [5, 5.41) is 28.3. The maximum absolute atomic E-state index is 13.5. The van der Waals surface area contributed by atoms with E-state index in [1.807, 2.05) is 43.7 Å². The van der Waals surface area contributed by atoms with Crippen molar-refractivity contribution in [1.82, 2.24) is 20.0 Å². The van der Waals surface area contributed by atoms with Crippen LogP contribution in [0.1, 0.15) is 58.1 Å². The number of benzene rings is 1. The predicted molar refractivity (Wildman–Crippen MR) is 133 cm³/mol. The fourth-order valence-electron chi connectivity index (χ4n) is 5.48. The molecule has 2 aromatic rings. The summed E-state index contributed by atoms with van der Waals surface area (Å²) in [6.07, 6.45) is 3.56. The third kappa shape index (κ3) is 4.74. The molecule has 8 nitrogen and oxygen atoms in total. The van der Waals surface area contributed by atoms with Gasteiger partial charge in [-0.15, -0.1) is 0 Å². The Kier molecular flexibility index (Phi) is 7.33. The van der Waals surface area contributed by atoms with E-state index in [4.69, 9.17) is 0 Å². The normalized spacial score (nSPS) is 24.9. The molecule has 1 aromatic carbocycles. The van der Waals surface area contributed by atoms with E-state index in [0.717, 1.165) is 41.8 Å². The average molecular weight is 483 g/mol. The molecule has 8 heteroatoms. The second kappa shape index (κ2) is 10.1. The number of nitrogens with one attached hydrogen (secondary N) is 1. The summed E-state index contributed by atoms with van der Waals surface area (Å²) in [6.45, 7) is 8.57. The lowest BCUT2D eigenvalue weighted by molar-refractivity contribution is -0.143. The fraction of sp³-hybridized carbons (Fsp3) is 0.593. The molecule has 0 saturated carbocycles. The second-order valence-electron chi connectivity index (χ2n) is 10.4. The Morgan fingerprint density at radius 2 is 2.03 bits per heavy atom. The van der Waals surface area contributed by atoms with Gasteiger partial charge in [-0.05, 0) is 55.4 Å². The molecule has 190 valence electrons. The number of hydrogen-bond acceptors (Lipinski definition) is 5. The summed E-state index contributed by atoms with van der Waals surface area (Å²) in [6, 6.07) is 7.40. The lowest BCUT2D eigenvalue weighted by Crippen LogP contribution is -2.56. The molecule has 35 heavy (non-hydrogen) atoms. The number of carbonyl (C=O) groups excluding carboxylic acids is 2. The molecule has 4 unspecified atom stereocenters. The van der Waals surface area contributed by atoms with E-state index in [0.29, 0.717) is 6.42 Å². The molecule has 1 aromatic heterocycles. The molecular weight excluding hydrogens is 444 g/mol. The van der Waals surface area contributed by atoms with Crippen molar-refractivity contribution in [3.63, 3.8) is 0 Å². The monoisotopic (exact) mass is 482 g/mol. The van der Waals surface area contributed by atoms with Crippen LogP contribution in [0.2, 0.25) is 0 Å². The molecule has 2 aliphatic rings. The first-order valence-electron chi connectivity index (χ1n) is 12.8. The third-order valence-electron chi connectivity index (χ3n) is 7.87. The number of amides is 2. The second-order valence-corrected chi connectivity index (χ2v) is 10.4. The van der Waals surface area contributed by atoms with Crippen LogP contribution in [0.4, 0.5) is 0 Å². The van der Waals surface area contributed by atoms with Gasteiger partial charge in [0.25, 0.3) is 0 Å². The number of hydrogen-bond donors (Lipinski definition) is 3. The molecule has 4 atom stereocenters. The van der Waals surface area contributed by atoms with E-state index in [1.165, 1.54) is 4.90 Å². The Hall–Kier alpha value is -2.71. The largest absolute Gasteiger partial charge is 0.394 e. The number of fused-ring (bicyclic) bond motifs is 1. The zero-order valence-electron chi connectivity index (χ0n) is 21.2. The van der Waals surface area contributed by atoms with Gasteiger partial charge < -0.3 is 20.4 Å². The van der Waals surface area contributed by atoms with Gasteiger partial charge in [-0.25, -0.2) is 0 Å². The van der Waals surface area contributed by atoms with Crippen LogP contribution in [0.3, 0.4) is 0 Å². The van der Waals surface area contributed by atoms with Crippen molar-refractivity contribution >= 4 is 11.8 Å². The molecule has 3 N–H and O–H groups in total. The zero-order valence-corrected chi connectivity index (χ0v) is 21.2. The van der Waals surface area contributed by atoms with Crippen LogP contribution in [0, 0.1) is 11.8 Å². The van der Waals surface area contributed by atoms with Gasteiger partial charge in [0.2, 0.25) is 11.8 Å². The van der Waals surface area contributed by atoms with Crippen molar-refractivity contribution in [2.75, 3.05) is 13.2 Å². The van der Waals surface area contributed by atoms with Gasteiger partial charge in [0, 0.05) is 37.2 Å². The molecular formula is C27H38N4O4. The van der Waals surface area contributed by atoms with Crippen LogP contribution in [0.25, 0.3) is 11.3 Å². The van der Waals surface area contributed by atoms with E-state index in [9.17, 15) is 19.8 Å². The highest BCUT2D eigenvalue weighted by Crippen LogP contribution is 2.38. The number of aromatic nitrogens is 2. The lowest BCUT2D eigenvalue weighted by atomic mass is 9.76. The van der Waals surface area contributed by atoms with Crippen LogP contribution in [-0.2, 0) is 28.1 Å². The van der Waals surface area contributed by atoms with Crippen LogP contribution < -0.4 is 5.32 Å². The van der Waals surface area contributed by atoms with Gasteiger partial charge in [0.05, 0.1) is 23.9 Å². The van der Waals surface area contributed by atoms with E-state index in [1.54, 1.807) is 6.20 Å². The highest BCUT2D eigenvalue weighted by molar-refractivity contribution is 5.90. The Balaban J connectivity index is 1.61. The van der Waals surface area contributed by atoms with Crippen molar-refractivity contribution in [2.45, 2.75) is 77.6 Å². The quantitative estimate of drug-likeness (QED) is 0.562. The summed E-state index contributed by atoms with van der Waals surface area (Å²) < 4.78 is 1.95. The minimum Gasteiger partial charge on any atom is -0.394 e. The standard InChI is InChI=1S/C27H38N4O4/c1-5-31-23(10-12-28-31)20-8-9-22-19(13-20)7-6-11-27(22,16-32)29-25(34)24-14-21(33)15-30(24)26(35)18(4)17(2)3/h8-10,12-13,17-18,21,24,32-33H,5-7,11,14-16H2,1-4H3,(H,29,34). The molecule has 2 amide bonds. The van der Waals surface area contributed by atoms with Crippen molar-refractivity contribution in [2.24, 2.45) is 11.8 Å². The van der Waals surface area contributed by atoms with Gasteiger partial charge in [0.15, 0.2) is 0 Å². The van der Waals surface area contributed by atoms with Gasteiger partial charge in [-0.1, -0.05) is 32.9 Å². The fourth-order valence-corrected chi connectivity index (χ4v) is 5.48. The Labute approximate surface area is 207 Å². The number of likely N-dealkylation sites (tertiary alicyclic amines) is 1. The SMILES string of the molecule is CCn1nccc1-c1ccc2c(c1)CCCC2(CO)NC(=O)C1CC(O)CN1C(=O)C(C)C(C)C. The molecule has 0 bridgehead atoms. The molecule has 0 spiro atoms. The lowest BCUT2D eigenvalue weighted by Gasteiger charge is -2.40. The van der Waals surface area contributed by atoms with Crippen LogP contribution in [-0.4, -0.2) is 62.0 Å². The first kappa shape index (κ1) is 25.4. The number of aliphatic hydroxyl groups is 2. The van der Waals surface area contributed by atoms with Crippen LogP contribution >= 0.6 is 0 Å². The van der Waals surface area contributed by atoms with Crippen molar-refractivity contribution in [3.8, 4) is 11.3 Å². The first-order chi connectivity index (χ1) is 16.7. The number of β-amino-alcohol motifs (C(OH)–C–C–N with tert-alkyl or cyclic N) is 1. The van der Waals surface area contributed by atoms with Crippen LogP contribution in [0.5, 0.6) is 0 Å². The van der Waals surface area contributed by atoms with Gasteiger partial charge in [-0.3, -0.25) is 14.3 Å². The zero-order chi connectivity index (χ0) is 25.3. The summed E-state index contributed by atoms with van der Waals surface area (Å²) in [7, 11) is 0. The molecule has 1 aliphatic heterocycles. The number of aryl methyl sites for hydroxylation is 2. The molecule has 1 aliphatic carbocycles.